The Morgan fingerprint density at radius 1 is 1.44 bits per heavy atom. The van der Waals surface area contributed by atoms with Crippen molar-refractivity contribution in [3.05, 3.63) is 35.9 Å². The topological polar surface area (TPSA) is 53.4 Å². The molecule has 1 radical (unpaired) electrons. The molecule has 0 heterocycles. The van der Waals surface area contributed by atoms with E-state index in [-0.39, 0.29) is 4.73 Å². The van der Waals surface area contributed by atoms with Gasteiger partial charge >= 0.3 is 103 Å². The van der Waals surface area contributed by atoms with Crippen LogP contribution in [-0.2, 0) is 11.3 Å². The summed E-state index contributed by atoms with van der Waals surface area (Å²) in [4.78, 5) is 12.8. The van der Waals surface area contributed by atoms with Crippen molar-refractivity contribution in [2.75, 3.05) is 6.61 Å². The summed E-state index contributed by atoms with van der Waals surface area (Å²) in [6.45, 7) is 2.38. The SMILES string of the molecule is CCOC(=O)N(Cc1ccccc1)C(=N)[Se]. The van der Waals surface area contributed by atoms with Crippen molar-refractivity contribution >= 4 is 26.8 Å². The van der Waals surface area contributed by atoms with Gasteiger partial charge in [-0.05, 0) is 0 Å². The van der Waals surface area contributed by atoms with Gasteiger partial charge in [0.05, 0.1) is 0 Å². The Balaban J connectivity index is 2.73. The second-order valence-corrected chi connectivity index (χ2v) is 3.89. The number of nitrogens with one attached hydrogen (secondary N) is 1. The first-order valence-electron chi connectivity index (χ1n) is 4.89. The third-order valence-electron chi connectivity index (χ3n) is 1.92. The predicted octanol–water partition coefficient (Wildman–Crippen LogP) is 1.75. The molecule has 85 valence electrons. The van der Waals surface area contributed by atoms with Gasteiger partial charge < -0.3 is 0 Å². The van der Waals surface area contributed by atoms with E-state index in [1.807, 2.05) is 30.3 Å². The van der Waals surface area contributed by atoms with E-state index in [4.69, 9.17) is 10.1 Å². The number of carbonyl (C=O) groups is 1. The zero-order chi connectivity index (χ0) is 12.0. The summed E-state index contributed by atoms with van der Waals surface area (Å²) in [5.74, 6) is 0. The van der Waals surface area contributed by atoms with E-state index in [1.54, 1.807) is 6.92 Å². The molecule has 1 N–H and O–H groups in total. The first-order chi connectivity index (χ1) is 7.65. The predicted molar refractivity (Wildman–Crippen MR) is 62.5 cm³/mol. The Morgan fingerprint density at radius 3 is 2.56 bits per heavy atom. The molecule has 1 amide bonds. The van der Waals surface area contributed by atoms with E-state index < -0.39 is 6.09 Å². The summed E-state index contributed by atoms with van der Waals surface area (Å²) in [5, 5.41) is 7.48. The number of benzene rings is 1. The maximum absolute atomic E-state index is 11.5. The van der Waals surface area contributed by atoms with E-state index in [1.165, 1.54) is 4.90 Å². The Bertz CT molecular complexity index is 368. The summed E-state index contributed by atoms with van der Waals surface area (Å²) in [6.07, 6.45) is -0.505. The van der Waals surface area contributed by atoms with Crippen LogP contribution in [0.25, 0.3) is 0 Å². The van der Waals surface area contributed by atoms with Gasteiger partial charge in [0, 0.05) is 0 Å². The third-order valence-corrected chi connectivity index (χ3v) is 2.38. The Hall–Kier alpha value is -1.32. The van der Waals surface area contributed by atoms with Gasteiger partial charge in [0.25, 0.3) is 0 Å². The fourth-order valence-corrected chi connectivity index (χ4v) is 1.48. The summed E-state index contributed by atoms with van der Waals surface area (Å²) in [5.41, 5.74) is 0.954. The van der Waals surface area contributed by atoms with Gasteiger partial charge in [0.2, 0.25) is 0 Å². The van der Waals surface area contributed by atoms with Crippen molar-refractivity contribution < 1.29 is 9.53 Å². The van der Waals surface area contributed by atoms with Gasteiger partial charge in [-0.15, -0.1) is 0 Å². The second-order valence-electron chi connectivity index (χ2n) is 3.08. The Labute approximate surface area is 103 Å². The normalized spacial score (nSPS) is 9.56. The molecule has 1 rings (SSSR count). The third kappa shape index (κ3) is 3.68. The minimum absolute atomic E-state index is 0.0577. The molecule has 0 saturated heterocycles. The van der Waals surface area contributed by atoms with Crippen LogP contribution in [0.2, 0.25) is 0 Å². The zero-order valence-corrected chi connectivity index (χ0v) is 10.7. The molecule has 4 nitrogen and oxygen atoms in total. The van der Waals surface area contributed by atoms with E-state index in [0.29, 0.717) is 13.2 Å². The molecular formula is C11H13N2O2Se. The molecule has 0 aliphatic heterocycles. The molecule has 16 heavy (non-hydrogen) atoms. The van der Waals surface area contributed by atoms with Crippen molar-refractivity contribution in [2.45, 2.75) is 13.5 Å². The van der Waals surface area contributed by atoms with E-state index in [9.17, 15) is 4.79 Å². The molecule has 0 spiro atoms. The van der Waals surface area contributed by atoms with E-state index in [0.717, 1.165) is 5.56 Å². The van der Waals surface area contributed by atoms with Crippen LogP contribution in [0.4, 0.5) is 4.79 Å². The number of nitrogens with zero attached hydrogens (tertiary/aromatic N) is 1. The minimum atomic E-state index is -0.505. The molecule has 0 atom stereocenters. The molecular weight excluding hydrogens is 271 g/mol. The van der Waals surface area contributed by atoms with Crippen LogP contribution in [-0.4, -0.2) is 38.3 Å². The van der Waals surface area contributed by atoms with Crippen LogP contribution >= 0.6 is 0 Å². The van der Waals surface area contributed by atoms with Gasteiger partial charge in [-0.3, -0.25) is 0 Å². The monoisotopic (exact) mass is 285 g/mol. The number of rotatable bonds is 3. The van der Waals surface area contributed by atoms with E-state index in [2.05, 4.69) is 16.0 Å². The fourth-order valence-electron chi connectivity index (χ4n) is 1.19. The van der Waals surface area contributed by atoms with Crippen molar-refractivity contribution in [2.24, 2.45) is 0 Å². The quantitative estimate of drug-likeness (QED) is 0.522. The first-order valence-corrected chi connectivity index (χ1v) is 5.74. The number of ether oxygens (including phenoxy) is 1. The molecule has 0 bridgehead atoms. The van der Waals surface area contributed by atoms with Crippen LogP contribution in [0.1, 0.15) is 12.5 Å². The molecule has 0 aromatic heterocycles. The average Bonchev–Trinajstić information content (AvgIpc) is 2.27. The van der Waals surface area contributed by atoms with Crippen molar-refractivity contribution in [3.63, 3.8) is 0 Å². The number of hydrogen-bond acceptors (Lipinski definition) is 3. The Kier molecular flexibility index (Phi) is 5.02. The number of hydrogen-bond donors (Lipinski definition) is 1. The molecule has 1 aromatic carbocycles. The summed E-state index contributed by atoms with van der Waals surface area (Å²) in [6, 6.07) is 9.48. The average molecular weight is 284 g/mol. The summed E-state index contributed by atoms with van der Waals surface area (Å²) >= 11 is 2.51. The number of carbonyl (C=O) groups excluding carboxylic acids is 1. The fraction of sp³-hybridized carbons (Fsp3) is 0.273. The van der Waals surface area contributed by atoms with Gasteiger partial charge in [-0.2, -0.15) is 0 Å². The zero-order valence-electron chi connectivity index (χ0n) is 8.97. The molecule has 0 aliphatic rings. The van der Waals surface area contributed by atoms with Gasteiger partial charge in [0.15, 0.2) is 0 Å². The Morgan fingerprint density at radius 2 is 2.06 bits per heavy atom. The van der Waals surface area contributed by atoms with Crippen LogP contribution in [0.5, 0.6) is 0 Å². The van der Waals surface area contributed by atoms with Gasteiger partial charge in [-0.25, -0.2) is 0 Å². The maximum atomic E-state index is 11.5. The van der Waals surface area contributed by atoms with Crippen LogP contribution < -0.4 is 0 Å². The first kappa shape index (κ1) is 12.7. The van der Waals surface area contributed by atoms with Crippen LogP contribution in [0.15, 0.2) is 30.3 Å². The molecule has 1 aromatic rings. The van der Waals surface area contributed by atoms with Crippen molar-refractivity contribution in [1.82, 2.24) is 4.90 Å². The molecule has 5 heteroatoms. The number of amides is 1. The molecule has 0 saturated carbocycles. The molecule has 0 fully saturated rings. The van der Waals surface area contributed by atoms with E-state index >= 15 is 0 Å². The van der Waals surface area contributed by atoms with Gasteiger partial charge in [-0.1, -0.05) is 0 Å². The summed E-state index contributed by atoms with van der Waals surface area (Å²) in [7, 11) is 0. The van der Waals surface area contributed by atoms with Crippen molar-refractivity contribution in [1.29, 1.82) is 5.41 Å². The molecule has 0 aliphatic carbocycles. The standard InChI is InChI=1S/C11H13N2O2Se/c1-2-15-11(14)13(10(12)16)8-9-6-4-3-5-7-9/h3-7,12H,2,8H2,1H3. The summed E-state index contributed by atoms with van der Waals surface area (Å²) < 4.78 is 4.92. The van der Waals surface area contributed by atoms with Crippen LogP contribution in [0, 0.1) is 5.41 Å². The van der Waals surface area contributed by atoms with Gasteiger partial charge in [0.1, 0.15) is 0 Å². The van der Waals surface area contributed by atoms with Crippen LogP contribution in [0.3, 0.4) is 0 Å². The van der Waals surface area contributed by atoms with Crippen molar-refractivity contribution in [3.8, 4) is 0 Å². The molecule has 0 unspecified atom stereocenters. The second kappa shape index (κ2) is 6.30. The number of amidine groups is 1.